The lowest BCUT2D eigenvalue weighted by Crippen LogP contribution is -2.06. The number of nitrogens with zero attached hydrogens (tertiary/aromatic N) is 4. The van der Waals surface area contributed by atoms with E-state index in [1.165, 1.54) is 6.07 Å². The first-order valence-electron chi connectivity index (χ1n) is 15.8. The summed E-state index contributed by atoms with van der Waals surface area (Å²) in [4.78, 5) is 20.9. The van der Waals surface area contributed by atoms with E-state index in [1.54, 1.807) is 12.1 Å². The highest BCUT2D eigenvalue weighted by molar-refractivity contribution is 5.86. The number of hydrogen-bond acceptors (Lipinski definition) is 4. The molecular formula is C37H35F3N4O3. The van der Waals surface area contributed by atoms with Gasteiger partial charge in [0.2, 0.25) is 0 Å². The molecule has 242 valence electrons. The van der Waals surface area contributed by atoms with Crippen LogP contribution in [0.2, 0.25) is 0 Å². The fraction of sp³-hybridized carbons (Fsp3) is 0.270. The number of benzene rings is 4. The average Bonchev–Trinajstić information content (AvgIpc) is 3.59. The van der Waals surface area contributed by atoms with E-state index in [-0.39, 0.29) is 5.75 Å². The van der Waals surface area contributed by atoms with Crippen LogP contribution in [-0.2, 0) is 25.7 Å². The summed E-state index contributed by atoms with van der Waals surface area (Å²) in [6.45, 7) is 5.41. The summed E-state index contributed by atoms with van der Waals surface area (Å²) < 4.78 is 49.8. The number of aryl methyl sites for hydroxylation is 2. The van der Waals surface area contributed by atoms with Gasteiger partial charge >= 0.3 is 12.3 Å². The van der Waals surface area contributed by atoms with Gasteiger partial charge in [-0.15, -0.1) is 0 Å². The van der Waals surface area contributed by atoms with Crippen LogP contribution in [0.4, 0.5) is 18.0 Å². The standard InChI is InChI=1S/C37H35F3N4O3/c1-3-5-11-34-41-29-18-16-26(35-42-30-22-27(37(38,39)40)17-19-31(30)43(35)20-6-4-2)21-32(29)44(34)23-24-12-14-25(15-13-24)28-9-7-8-10-33(28)47-36(45)46/h7-10,12-19,21-22H,3-6,11,20,23H2,1-2H3,(H,45,46). The van der Waals surface area contributed by atoms with Crippen LogP contribution in [0.5, 0.6) is 5.75 Å². The molecule has 0 spiro atoms. The van der Waals surface area contributed by atoms with Gasteiger partial charge in [-0.1, -0.05) is 69.2 Å². The van der Waals surface area contributed by atoms with Crippen molar-refractivity contribution in [2.45, 2.75) is 65.2 Å². The van der Waals surface area contributed by atoms with Crippen LogP contribution in [0, 0.1) is 0 Å². The molecule has 4 aromatic carbocycles. The minimum absolute atomic E-state index is 0.266. The molecule has 2 heterocycles. The number of carboxylic acid groups (broad SMARTS) is 1. The lowest BCUT2D eigenvalue weighted by Gasteiger charge is -2.13. The van der Waals surface area contributed by atoms with Gasteiger partial charge < -0.3 is 19.0 Å². The fourth-order valence-electron chi connectivity index (χ4n) is 5.94. The topological polar surface area (TPSA) is 82.2 Å². The van der Waals surface area contributed by atoms with E-state index in [2.05, 4.69) is 18.4 Å². The Morgan fingerprint density at radius 1 is 0.809 bits per heavy atom. The second kappa shape index (κ2) is 13.3. The fourth-order valence-corrected chi connectivity index (χ4v) is 5.94. The minimum atomic E-state index is -4.45. The smallest absolute Gasteiger partial charge is 0.449 e. The molecule has 0 saturated heterocycles. The maximum Gasteiger partial charge on any atom is 0.511 e. The van der Waals surface area contributed by atoms with Crippen LogP contribution in [-0.4, -0.2) is 30.4 Å². The molecule has 0 aliphatic heterocycles. The summed E-state index contributed by atoms with van der Waals surface area (Å²) >= 11 is 0. The molecule has 0 atom stereocenters. The van der Waals surface area contributed by atoms with Crippen LogP contribution < -0.4 is 4.74 Å². The van der Waals surface area contributed by atoms with Gasteiger partial charge in [-0.05, 0) is 66.4 Å². The molecule has 7 nitrogen and oxygen atoms in total. The molecule has 6 rings (SSSR count). The maximum absolute atomic E-state index is 13.5. The Morgan fingerprint density at radius 3 is 2.28 bits per heavy atom. The van der Waals surface area contributed by atoms with Crippen molar-refractivity contribution < 1.29 is 27.8 Å². The maximum atomic E-state index is 13.5. The average molecular weight is 641 g/mol. The Hall–Kier alpha value is -5.12. The van der Waals surface area contributed by atoms with Gasteiger partial charge in [0.05, 0.1) is 27.6 Å². The zero-order valence-electron chi connectivity index (χ0n) is 26.2. The quantitative estimate of drug-likeness (QED) is 0.113. The third-order valence-corrected chi connectivity index (χ3v) is 8.34. The first kappa shape index (κ1) is 31.8. The monoisotopic (exact) mass is 640 g/mol. The van der Waals surface area contributed by atoms with Crippen LogP contribution in [0.3, 0.4) is 0 Å². The summed E-state index contributed by atoms with van der Waals surface area (Å²) in [7, 11) is 0. The van der Waals surface area contributed by atoms with Crippen molar-refractivity contribution in [1.29, 1.82) is 0 Å². The number of aromatic nitrogens is 4. The molecule has 1 N–H and O–H groups in total. The molecule has 10 heteroatoms. The molecular weight excluding hydrogens is 605 g/mol. The Bertz CT molecular complexity index is 2040. The highest BCUT2D eigenvalue weighted by atomic mass is 19.4. The molecule has 2 aromatic heterocycles. The minimum Gasteiger partial charge on any atom is -0.449 e. The molecule has 0 amide bonds. The number of halogens is 3. The van der Waals surface area contributed by atoms with Gasteiger partial charge in [0.25, 0.3) is 0 Å². The van der Waals surface area contributed by atoms with E-state index >= 15 is 0 Å². The highest BCUT2D eigenvalue weighted by Gasteiger charge is 2.31. The van der Waals surface area contributed by atoms with Crippen molar-refractivity contribution in [1.82, 2.24) is 19.1 Å². The van der Waals surface area contributed by atoms with Crippen LogP contribution in [0.25, 0.3) is 44.6 Å². The first-order valence-corrected chi connectivity index (χ1v) is 15.8. The Labute approximate surface area is 270 Å². The van der Waals surface area contributed by atoms with Gasteiger partial charge in [-0.2, -0.15) is 13.2 Å². The summed E-state index contributed by atoms with van der Waals surface area (Å²) in [5, 5.41) is 9.15. The van der Waals surface area contributed by atoms with Crippen LogP contribution >= 0.6 is 0 Å². The molecule has 6 aromatic rings. The van der Waals surface area contributed by atoms with E-state index in [4.69, 9.17) is 19.8 Å². The number of hydrogen-bond donors (Lipinski definition) is 1. The highest BCUT2D eigenvalue weighted by Crippen LogP contribution is 2.35. The number of para-hydroxylation sites is 1. The number of alkyl halides is 3. The second-order valence-electron chi connectivity index (χ2n) is 11.6. The molecule has 0 radical (unpaired) electrons. The van der Waals surface area contributed by atoms with Gasteiger partial charge in [0.15, 0.2) is 0 Å². The largest absolute Gasteiger partial charge is 0.511 e. The zero-order chi connectivity index (χ0) is 33.1. The van der Waals surface area contributed by atoms with E-state index in [1.807, 2.05) is 59.2 Å². The Kier molecular flexibility index (Phi) is 9.02. The van der Waals surface area contributed by atoms with Crippen molar-refractivity contribution >= 4 is 28.2 Å². The third kappa shape index (κ3) is 6.72. The first-order chi connectivity index (χ1) is 22.7. The zero-order valence-corrected chi connectivity index (χ0v) is 26.2. The molecule has 0 aliphatic rings. The van der Waals surface area contributed by atoms with E-state index in [0.717, 1.165) is 77.8 Å². The Balaban J connectivity index is 1.40. The molecule has 0 aliphatic carbocycles. The van der Waals surface area contributed by atoms with E-state index in [0.29, 0.717) is 35.5 Å². The van der Waals surface area contributed by atoms with Gasteiger partial charge in [0, 0.05) is 30.6 Å². The molecule has 0 bridgehead atoms. The summed E-state index contributed by atoms with van der Waals surface area (Å²) in [6, 6.07) is 24.6. The molecule has 0 saturated carbocycles. The second-order valence-corrected chi connectivity index (χ2v) is 11.6. The number of fused-ring (bicyclic) bond motifs is 2. The molecule has 0 unspecified atom stereocenters. The predicted molar refractivity (Wildman–Crippen MR) is 177 cm³/mol. The lowest BCUT2D eigenvalue weighted by atomic mass is 10.0. The van der Waals surface area contributed by atoms with Crippen LogP contribution in [0.1, 0.15) is 56.5 Å². The van der Waals surface area contributed by atoms with Crippen LogP contribution in [0.15, 0.2) is 84.9 Å². The Morgan fingerprint density at radius 2 is 1.55 bits per heavy atom. The summed E-state index contributed by atoms with van der Waals surface area (Å²) in [5.41, 5.74) is 5.39. The van der Waals surface area contributed by atoms with E-state index in [9.17, 15) is 18.0 Å². The SMILES string of the molecule is CCCCc1nc2ccc(-c3nc4cc(C(F)(F)F)ccc4n3CCCC)cc2n1Cc1ccc(-c2ccccc2OC(=O)O)cc1. The van der Waals surface area contributed by atoms with Gasteiger partial charge in [-0.25, -0.2) is 14.8 Å². The number of ether oxygens (including phenoxy) is 1. The van der Waals surface area contributed by atoms with Crippen molar-refractivity contribution in [3.63, 3.8) is 0 Å². The summed E-state index contributed by atoms with van der Waals surface area (Å²) in [5.74, 6) is 1.85. The van der Waals surface area contributed by atoms with Gasteiger partial charge in [-0.3, -0.25) is 0 Å². The number of unbranched alkanes of at least 4 members (excludes halogenated alkanes) is 2. The summed E-state index contributed by atoms with van der Waals surface area (Å²) in [6.07, 6.45) is -1.23. The number of rotatable bonds is 11. The van der Waals surface area contributed by atoms with Gasteiger partial charge in [0.1, 0.15) is 17.4 Å². The number of imidazole rings is 2. The van der Waals surface area contributed by atoms with Crippen molar-refractivity contribution in [3.8, 4) is 28.3 Å². The molecule has 47 heavy (non-hydrogen) atoms. The normalized spacial score (nSPS) is 11.9. The van der Waals surface area contributed by atoms with E-state index < -0.39 is 17.9 Å². The van der Waals surface area contributed by atoms with Crippen molar-refractivity contribution in [2.24, 2.45) is 0 Å². The van der Waals surface area contributed by atoms with Crippen molar-refractivity contribution in [3.05, 3.63) is 102 Å². The third-order valence-electron chi connectivity index (χ3n) is 8.34. The van der Waals surface area contributed by atoms with Crippen molar-refractivity contribution in [2.75, 3.05) is 0 Å². The molecule has 0 fully saturated rings. The lowest BCUT2D eigenvalue weighted by molar-refractivity contribution is -0.137. The predicted octanol–water partition coefficient (Wildman–Crippen LogP) is 9.99. The number of carbonyl (C=O) groups is 1.